The van der Waals surface area contributed by atoms with E-state index in [1.54, 1.807) is 0 Å². The number of anilines is 1. The second kappa shape index (κ2) is 6.05. The van der Waals surface area contributed by atoms with Crippen LogP contribution in [-0.2, 0) is 4.74 Å². The second-order valence-electron chi connectivity index (χ2n) is 4.79. The van der Waals surface area contributed by atoms with Gasteiger partial charge in [-0.15, -0.1) is 0 Å². The van der Waals surface area contributed by atoms with Crippen LogP contribution in [0.1, 0.15) is 13.3 Å². The molecule has 2 heterocycles. The van der Waals surface area contributed by atoms with Crippen molar-refractivity contribution >= 4 is 16.9 Å². The largest absolute Gasteiger partial charge is 0.475 e. The van der Waals surface area contributed by atoms with Crippen LogP contribution in [-0.4, -0.2) is 42.9 Å². The fourth-order valence-electron chi connectivity index (χ4n) is 2.25. The van der Waals surface area contributed by atoms with Crippen LogP contribution in [0.4, 0.5) is 5.82 Å². The van der Waals surface area contributed by atoms with Crippen LogP contribution >= 0.6 is 0 Å². The second-order valence-corrected chi connectivity index (χ2v) is 4.79. The van der Waals surface area contributed by atoms with E-state index in [0.29, 0.717) is 12.5 Å². The van der Waals surface area contributed by atoms with Gasteiger partial charge < -0.3 is 14.4 Å². The first-order valence-corrected chi connectivity index (χ1v) is 7.11. The molecule has 0 bridgehead atoms. The van der Waals surface area contributed by atoms with Crippen molar-refractivity contribution in [2.45, 2.75) is 13.3 Å². The van der Waals surface area contributed by atoms with Gasteiger partial charge in [-0.05, 0) is 18.6 Å². The Morgan fingerprint density at radius 2 is 1.85 bits per heavy atom. The van der Waals surface area contributed by atoms with Crippen molar-refractivity contribution in [1.29, 1.82) is 0 Å². The molecule has 2 aromatic rings. The number of fused-ring (bicyclic) bond motifs is 1. The molecular formula is C15H19N3O2. The highest BCUT2D eigenvalue weighted by Crippen LogP contribution is 2.27. The Morgan fingerprint density at radius 1 is 1.15 bits per heavy atom. The third-order valence-electron chi connectivity index (χ3n) is 3.27. The summed E-state index contributed by atoms with van der Waals surface area (Å²) in [5.74, 6) is 1.47. The monoisotopic (exact) mass is 273 g/mol. The molecule has 0 atom stereocenters. The number of hydrogen-bond acceptors (Lipinski definition) is 5. The third-order valence-corrected chi connectivity index (χ3v) is 3.27. The summed E-state index contributed by atoms with van der Waals surface area (Å²) in [6.45, 7) is 5.85. The summed E-state index contributed by atoms with van der Waals surface area (Å²) in [7, 11) is 0. The van der Waals surface area contributed by atoms with Gasteiger partial charge in [-0.1, -0.05) is 19.1 Å². The Kier molecular flexibility index (Phi) is 3.97. The Morgan fingerprint density at radius 3 is 2.55 bits per heavy atom. The van der Waals surface area contributed by atoms with E-state index in [0.717, 1.165) is 49.6 Å². The number of para-hydroxylation sites is 2. The fourth-order valence-corrected chi connectivity index (χ4v) is 2.25. The van der Waals surface area contributed by atoms with Crippen LogP contribution in [0.3, 0.4) is 0 Å². The standard InChI is InChI=1S/C15H19N3O2/c1-2-9-20-15-14(18-7-10-19-11-8-18)16-12-5-3-4-6-13(12)17-15/h3-6H,2,7-11H2,1H3. The normalized spacial score (nSPS) is 15.6. The number of benzene rings is 1. The number of nitrogens with zero attached hydrogens (tertiary/aromatic N) is 3. The minimum absolute atomic E-state index is 0.632. The molecule has 1 saturated heterocycles. The molecule has 0 N–H and O–H groups in total. The highest BCUT2D eigenvalue weighted by molar-refractivity contribution is 5.77. The van der Waals surface area contributed by atoms with Gasteiger partial charge in [0.1, 0.15) is 0 Å². The van der Waals surface area contributed by atoms with E-state index in [-0.39, 0.29) is 0 Å². The maximum absolute atomic E-state index is 5.79. The average Bonchev–Trinajstić information content (AvgIpc) is 2.53. The number of ether oxygens (including phenoxy) is 2. The fraction of sp³-hybridized carbons (Fsp3) is 0.467. The molecule has 0 spiro atoms. The van der Waals surface area contributed by atoms with E-state index >= 15 is 0 Å². The van der Waals surface area contributed by atoms with Crippen LogP contribution < -0.4 is 9.64 Å². The van der Waals surface area contributed by atoms with Crippen molar-refractivity contribution in [2.75, 3.05) is 37.8 Å². The van der Waals surface area contributed by atoms with Crippen molar-refractivity contribution in [3.8, 4) is 5.88 Å². The maximum Gasteiger partial charge on any atom is 0.258 e. The molecule has 0 saturated carbocycles. The first-order valence-electron chi connectivity index (χ1n) is 7.11. The molecule has 5 nitrogen and oxygen atoms in total. The Bertz CT molecular complexity index is 582. The van der Waals surface area contributed by atoms with Gasteiger partial charge in [0.25, 0.3) is 5.88 Å². The van der Waals surface area contributed by atoms with Gasteiger partial charge in [-0.25, -0.2) is 9.97 Å². The summed E-state index contributed by atoms with van der Waals surface area (Å²) in [6.07, 6.45) is 0.955. The molecular weight excluding hydrogens is 254 g/mol. The van der Waals surface area contributed by atoms with Crippen molar-refractivity contribution in [3.05, 3.63) is 24.3 Å². The average molecular weight is 273 g/mol. The van der Waals surface area contributed by atoms with E-state index in [2.05, 4.69) is 16.8 Å². The lowest BCUT2D eigenvalue weighted by Crippen LogP contribution is -2.37. The third kappa shape index (κ3) is 2.67. The molecule has 0 unspecified atom stereocenters. The molecule has 0 amide bonds. The first kappa shape index (κ1) is 13.1. The molecule has 20 heavy (non-hydrogen) atoms. The SMILES string of the molecule is CCCOc1nc2ccccc2nc1N1CCOCC1. The smallest absolute Gasteiger partial charge is 0.258 e. The van der Waals surface area contributed by atoms with Crippen LogP contribution in [0.15, 0.2) is 24.3 Å². The molecule has 0 radical (unpaired) electrons. The lowest BCUT2D eigenvalue weighted by Gasteiger charge is -2.28. The Hall–Kier alpha value is -1.88. The van der Waals surface area contributed by atoms with Crippen molar-refractivity contribution in [2.24, 2.45) is 0 Å². The molecule has 106 valence electrons. The van der Waals surface area contributed by atoms with Gasteiger partial charge in [0.05, 0.1) is 30.9 Å². The zero-order chi connectivity index (χ0) is 13.8. The minimum atomic E-state index is 0.632. The highest BCUT2D eigenvalue weighted by atomic mass is 16.5. The maximum atomic E-state index is 5.79. The van der Waals surface area contributed by atoms with Gasteiger partial charge in [0, 0.05) is 13.1 Å². The lowest BCUT2D eigenvalue weighted by atomic mass is 10.3. The van der Waals surface area contributed by atoms with E-state index in [1.807, 2.05) is 24.3 Å². The number of morpholine rings is 1. The van der Waals surface area contributed by atoms with Gasteiger partial charge in [0.2, 0.25) is 0 Å². The molecule has 1 aliphatic rings. The van der Waals surface area contributed by atoms with Gasteiger partial charge >= 0.3 is 0 Å². The molecule has 1 fully saturated rings. The van der Waals surface area contributed by atoms with E-state index < -0.39 is 0 Å². The molecule has 1 aromatic heterocycles. The highest BCUT2D eigenvalue weighted by Gasteiger charge is 2.19. The topological polar surface area (TPSA) is 47.5 Å². The zero-order valence-electron chi connectivity index (χ0n) is 11.7. The first-order chi connectivity index (χ1) is 9.88. The summed E-state index contributed by atoms with van der Waals surface area (Å²) in [5.41, 5.74) is 1.77. The zero-order valence-corrected chi connectivity index (χ0v) is 11.7. The van der Waals surface area contributed by atoms with E-state index in [4.69, 9.17) is 14.5 Å². The lowest BCUT2D eigenvalue weighted by molar-refractivity contribution is 0.122. The molecule has 3 rings (SSSR count). The van der Waals surface area contributed by atoms with Crippen molar-refractivity contribution < 1.29 is 9.47 Å². The van der Waals surface area contributed by atoms with Crippen LogP contribution in [0, 0.1) is 0 Å². The molecule has 1 aromatic carbocycles. The summed E-state index contributed by atoms with van der Waals surface area (Å²) in [4.78, 5) is 11.5. The summed E-state index contributed by atoms with van der Waals surface area (Å²) in [5, 5.41) is 0. The number of aromatic nitrogens is 2. The predicted octanol–water partition coefficient (Wildman–Crippen LogP) is 2.26. The summed E-state index contributed by atoms with van der Waals surface area (Å²) < 4.78 is 11.2. The Labute approximate surface area is 118 Å². The summed E-state index contributed by atoms with van der Waals surface area (Å²) >= 11 is 0. The molecule has 1 aliphatic heterocycles. The number of hydrogen-bond donors (Lipinski definition) is 0. The van der Waals surface area contributed by atoms with Crippen molar-refractivity contribution in [1.82, 2.24) is 9.97 Å². The predicted molar refractivity (Wildman–Crippen MR) is 78.4 cm³/mol. The van der Waals surface area contributed by atoms with Crippen molar-refractivity contribution in [3.63, 3.8) is 0 Å². The Balaban J connectivity index is 2.01. The number of rotatable bonds is 4. The van der Waals surface area contributed by atoms with E-state index in [1.165, 1.54) is 0 Å². The quantitative estimate of drug-likeness (QED) is 0.855. The van der Waals surface area contributed by atoms with Crippen LogP contribution in [0.5, 0.6) is 5.88 Å². The van der Waals surface area contributed by atoms with Crippen LogP contribution in [0.25, 0.3) is 11.0 Å². The minimum Gasteiger partial charge on any atom is -0.475 e. The summed E-state index contributed by atoms with van der Waals surface area (Å²) in [6, 6.07) is 7.89. The van der Waals surface area contributed by atoms with E-state index in [9.17, 15) is 0 Å². The van der Waals surface area contributed by atoms with Gasteiger partial charge in [-0.3, -0.25) is 0 Å². The molecule has 5 heteroatoms. The van der Waals surface area contributed by atoms with Crippen LogP contribution in [0.2, 0.25) is 0 Å². The van der Waals surface area contributed by atoms with Gasteiger partial charge in [-0.2, -0.15) is 0 Å². The van der Waals surface area contributed by atoms with Gasteiger partial charge in [0.15, 0.2) is 5.82 Å². The molecule has 0 aliphatic carbocycles.